The van der Waals surface area contributed by atoms with E-state index in [2.05, 4.69) is 392 Å². The van der Waals surface area contributed by atoms with Crippen LogP contribution in [-0.2, 0) is 11.1 Å². The molecule has 4 saturated heterocycles. The molecule has 8 rings (SSSR count). The average molecular weight is 1250 g/mol. The molecule has 4 atom stereocenters. The highest BCUT2D eigenvalue weighted by Crippen LogP contribution is 2.82. The van der Waals surface area contributed by atoms with Crippen molar-refractivity contribution in [2.45, 2.75) is 384 Å². The predicted molar refractivity (Wildman–Crippen MR) is 400 cm³/mol. The van der Waals surface area contributed by atoms with Crippen LogP contribution in [-0.4, -0.2) is 140 Å². The molecule has 0 amide bonds. The zero-order valence-electron chi connectivity index (χ0n) is 70.4. The van der Waals surface area contributed by atoms with E-state index in [9.17, 15) is 0 Å². The topological polar surface area (TPSA) is 31.8 Å². The van der Waals surface area contributed by atoms with E-state index in [1.54, 1.807) is 7.05 Å². The zero-order valence-corrected chi connectivity index (χ0v) is 70.4. The summed E-state index contributed by atoms with van der Waals surface area (Å²) in [5.74, 6) is 0. The van der Waals surface area contributed by atoms with Gasteiger partial charge in [-0.1, -0.05) is 135 Å². The molecule has 0 N–H and O–H groups in total. The van der Waals surface area contributed by atoms with Crippen molar-refractivity contribution in [3.05, 3.63) is 35.4 Å². The lowest BCUT2D eigenvalue weighted by Gasteiger charge is -2.73. The van der Waals surface area contributed by atoms with E-state index in [1.807, 2.05) is 13.8 Å². The predicted octanol–water partition coefficient (Wildman–Crippen LogP) is 21.7. The summed E-state index contributed by atoms with van der Waals surface area (Å²) in [5, 5.41) is 0. The minimum Gasteiger partial charge on any atom is -0.298 e. The highest BCUT2D eigenvalue weighted by atomic mass is 15.3. The van der Waals surface area contributed by atoms with Crippen LogP contribution in [0.2, 0.25) is 0 Å². The first-order valence-electron chi connectivity index (χ1n) is 35.3. The van der Waals surface area contributed by atoms with Crippen molar-refractivity contribution in [3.8, 4) is 0 Å². The summed E-state index contributed by atoms with van der Waals surface area (Å²) in [4.78, 5) is 19.0. The Morgan fingerprint density at radius 1 is 0.326 bits per heavy atom. The molecule has 5 heterocycles. The summed E-state index contributed by atoms with van der Waals surface area (Å²) in [5.41, 5.74) is 10.8. The van der Waals surface area contributed by atoms with Crippen LogP contribution in [0.15, 0.2) is 29.3 Å². The molecular formula is C82H161N7. The maximum atomic E-state index is 3.81. The van der Waals surface area contributed by atoms with Gasteiger partial charge in [-0.15, -0.1) is 0 Å². The van der Waals surface area contributed by atoms with Crippen molar-refractivity contribution in [2.75, 3.05) is 49.3 Å². The Kier molecular flexibility index (Phi) is 22.1. The number of benzene rings is 1. The molecule has 6 fully saturated rings. The third-order valence-corrected chi connectivity index (χ3v) is 34.5. The Morgan fingerprint density at radius 2 is 0.517 bits per heavy atom. The first kappa shape index (κ1) is 83.7. The lowest BCUT2D eigenvalue weighted by atomic mass is 9.41. The summed E-state index contributed by atoms with van der Waals surface area (Å²) >= 11 is 0. The summed E-state index contributed by atoms with van der Waals surface area (Å²) < 4.78 is 0. The standard InChI is InChI=1S/C16H33N.C15H29N.C13H19N.C13H27N.C12H23N.C9H21N.C4H9N/c1-12(2)13(3,4)15(7,8)17(11)16(9,10)14(12,5)6;1-11(2)12(3,4)16(9)13(5,6)15(8)10-14(11,15)7;1-12(2)10-8-6-7-9-11(10)13(3,4)14(12)5;1-10(2)11(3,4)13(7,8)14(9)12(10,5)6;1-9(2)11(5)8-12(11,6)10(3,4)13(9)7;1-8(2,3)10(7)9(4,5)6;1-4(2)5-3/h1-11H3;10H2,1-9H3;6-9H,1-5H3;1-9H3;8H2,1-7H3;1-7H3;1-3H3. The number of likely N-dealkylation sites (tertiary alicyclic amines) is 4. The van der Waals surface area contributed by atoms with Crippen LogP contribution in [0, 0.1) is 54.1 Å². The summed E-state index contributed by atoms with van der Waals surface area (Å²) in [6, 6.07) is 8.77. The molecule has 4 unspecified atom stereocenters. The van der Waals surface area contributed by atoms with Crippen LogP contribution in [0.25, 0.3) is 0 Å². The largest absolute Gasteiger partial charge is 0.298 e. The van der Waals surface area contributed by atoms with Crippen molar-refractivity contribution in [1.82, 2.24) is 29.4 Å². The molecule has 524 valence electrons. The molecule has 7 nitrogen and oxygen atoms in total. The maximum Gasteiger partial charge on any atom is 0.0413 e. The smallest absolute Gasteiger partial charge is 0.0413 e. The zero-order chi connectivity index (χ0) is 72.1. The van der Waals surface area contributed by atoms with Crippen LogP contribution < -0.4 is 0 Å². The van der Waals surface area contributed by atoms with E-state index in [0.29, 0.717) is 54.5 Å². The van der Waals surface area contributed by atoms with E-state index in [1.165, 1.54) is 24.0 Å². The van der Waals surface area contributed by atoms with Gasteiger partial charge in [0.25, 0.3) is 0 Å². The molecule has 0 spiro atoms. The summed E-state index contributed by atoms with van der Waals surface area (Å²) in [6.45, 7) is 104. The summed E-state index contributed by atoms with van der Waals surface area (Å²) in [7, 11) is 15.3. The van der Waals surface area contributed by atoms with Crippen LogP contribution in [0.1, 0.15) is 329 Å². The van der Waals surface area contributed by atoms with Crippen molar-refractivity contribution < 1.29 is 0 Å². The molecule has 1 aromatic carbocycles. The lowest BCUT2D eigenvalue weighted by molar-refractivity contribution is -0.238. The fraction of sp³-hybridized carbons (Fsp3) is 0.915. The first-order chi connectivity index (χ1) is 38.3. The minimum atomic E-state index is 0.153. The van der Waals surface area contributed by atoms with Gasteiger partial charge in [0.05, 0.1) is 0 Å². The number of rotatable bonds is 0. The van der Waals surface area contributed by atoms with Crippen LogP contribution >= 0.6 is 0 Å². The molecule has 2 saturated carbocycles. The van der Waals surface area contributed by atoms with Gasteiger partial charge in [0.15, 0.2) is 0 Å². The van der Waals surface area contributed by atoms with Crippen LogP contribution in [0.4, 0.5) is 0 Å². The second-order valence-corrected chi connectivity index (χ2v) is 41.4. The van der Waals surface area contributed by atoms with Crippen LogP contribution in [0.5, 0.6) is 0 Å². The SMILES string of the molecule is CN(C(C)(C)C)C(C)(C)C.CN1C(C)(C)C(C)(C)C(C)(C)C(C)(C)C1(C)C.CN1C(C)(C)C(C)(C)C(C)(C)C1(C)C.CN1C(C)(C)C(C)(C)C2(C)CC2(C)C1(C)C.CN1C(C)(C)C2(C)CC2(C)C1(C)C.CN1C(C)(C)c2ccccc2C1(C)C.CN=C(C)C. The Bertz CT molecular complexity index is 2500. The second-order valence-electron chi connectivity index (χ2n) is 41.4. The molecular weight excluding hydrogens is 1080 g/mol. The van der Waals surface area contributed by atoms with E-state index >= 15 is 0 Å². The van der Waals surface area contributed by atoms with Crippen molar-refractivity contribution in [3.63, 3.8) is 0 Å². The Balaban J connectivity index is 0.000000360. The molecule has 5 aliphatic heterocycles. The third kappa shape index (κ3) is 11.8. The fourth-order valence-electron chi connectivity index (χ4n) is 19.0. The lowest BCUT2D eigenvalue weighted by Crippen LogP contribution is -2.76. The first-order valence-corrected chi connectivity index (χ1v) is 35.3. The van der Waals surface area contributed by atoms with E-state index in [0.717, 1.165) is 5.71 Å². The quantitative estimate of drug-likeness (QED) is 0.241. The van der Waals surface area contributed by atoms with Gasteiger partial charge in [0.1, 0.15) is 0 Å². The number of hydrogen-bond donors (Lipinski definition) is 0. The van der Waals surface area contributed by atoms with Gasteiger partial charge < -0.3 is 0 Å². The molecule has 7 aliphatic rings. The van der Waals surface area contributed by atoms with E-state index in [4.69, 9.17) is 0 Å². The number of piperidine rings is 3. The van der Waals surface area contributed by atoms with Crippen molar-refractivity contribution in [1.29, 1.82) is 0 Å². The highest BCUT2D eigenvalue weighted by Gasteiger charge is 2.82. The van der Waals surface area contributed by atoms with E-state index in [-0.39, 0.29) is 66.1 Å². The van der Waals surface area contributed by atoms with Gasteiger partial charge in [-0.2, -0.15) is 0 Å². The van der Waals surface area contributed by atoms with Crippen molar-refractivity contribution >= 4 is 5.71 Å². The molecule has 1 aromatic rings. The monoisotopic (exact) mass is 1240 g/mol. The summed E-state index contributed by atoms with van der Waals surface area (Å²) in [6.07, 6.45) is 2.76. The number of nitrogens with zero attached hydrogens (tertiary/aromatic N) is 7. The highest BCUT2D eigenvalue weighted by molar-refractivity contribution is 5.78. The number of fused-ring (bicyclic) bond motifs is 3. The fourth-order valence-corrected chi connectivity index (χ4v) is 19.0. The maximum absolute atomic E-state index is 3.81. The third-order valence-electron chi connectivity index (χ3n) is 34.5. The van der Waals surface area contributed by atoms with Gasteiger partial charge in [0.2, 0.25) is 0 Å². The van der Waals surface area contributed by atoms with Crippen LogP contribution in [0.3, 0.4) is 0 Å². The van der Waals surface area contributed by atoms with Crippen molar-refractivity contribution in [2.24, 2.45) is 59.1 Å². The van der Waals surface area contributed by atoms with E-state index < -0.39 is 0 Å². The Morgan fingerprint density at radius 3 is 0.719 bits per heavy atom. The van der Waals surface area contributed by atoms with Gasteiger partial charge in [-0.25, -0.2) is 0 Å². The molecule has 0 aromatic heterocycles. The number of aliphatic imine (C=N–C) groups is 1. The van der Waals surface area contributed by atoms with Gasteiger partial charge in [-0.05, 0) is 314 Å². The second kappa shape index (κ2) is 23.4. The molecule has 0 radical (unpaired) electrons. The van der Waals surface area contributed by atoms with Gasteiger partial charge >= 0.3 is 0 Å². The normalized spacial score (nSPS) is 33.6. The average Bonchev–Trinajstić information content (AvgIpc) is 1.51. The Hall–Kier alpha value is -1.35. The molecule has 7 heteroatoms. The molecule has 0 bridgehead atoms. The van der Waals surface area contributed by atoms with Gasteiger partial charge in [-0.3, -0.25) is 34.4 Å². The molecule has 89 heavy (non-hydrogen) atoms. The van der Waals surface area contributed by atoms with Gasteiger partial charge in [0, 0.05) is 79.2 Å². The number of hydrogen-bond acceptors (Lipinski definition) is 7. The molecule has 2 aliphatic carbocycles. The minimum absolute atomic E-state index is 0.153. The Labute approximate surface area is 560 Å².